The summed E-state index contributed by atoms with van der Waals surface area (Å²) in [6, 6.07) is 13.5. The quantitative estimate of drug-likeness (QED) is 0.274. The lowest BCUT2D eigenvalue weighted by Gasteiger charge is -2.12. The second-order valence-electron chi connectivity index (χ2n) is 7.66. The van der Waals surface area contributed by atoms with E-state index in [0.717, 1.165) is 11.1 Å². The Morgan fingerprint density at radius 3 is 2.53 bits per heavy atom. The van der Waals surface area contributed by atoms with Crippen molar-refractivity contribution in [2.45, 2.75) is 13.8 Å². The van der Waals surface area contributed by atoms with Crippen LogP contribution in [0.5, 0.6) is 17.2 Å². The number of anilines is 1. The third-order valence-corrected chi connectivity index (χ3v) is 5.38. The number of methoxy groups -OCH3 is 2. The standard InChI is InChI=1S/C25H23N3O5S/c1-13-9-14(2)22-18(10-13)27-24(33-22)17-12-16(6-7-19(17)29)26-25(34)28-23(30)15-5-8-20(31-3)21(11-15)32-4/h5-12,29H,1-4H3,(H2,26,28,30,34). The maximum Gasteiger partial charge on any atom is 0.257 e. The number of nitrogens with one attached hydrogen (secondary N) is 2. The zero-order chi connectivity index (χ0) is 24.4. The van der Waals surface area contributed by atoms with Crippen molar-refractivity contribution in [2.75, 3.05) is 19.5 Å². The van der Waals surface area contributed by atoms with Crippen molar-refractivity contribution in [2.24, 2.45) is 0 Å². The molecular weight excluding hydrogens is 454 g/mol. The topological polar surface area (TPSA) is 106 Å². The third-order valence-electron chi connectivity index (χ3n) is 5.18. The number of oxazole rings is 1. The molecule has 0 saturated carbocycles. The van der Waals surface area contributed by atoms with Crippen LogP contribution in [0, 0.1) is 13.8 Å². The van der Waals surface area contributed by atoms with Crippen molar-refractivity contribution in [3.8, 4) is 28.7 Å². The van der Waals surface area contributed by atoms with Crippen LogP contribution in [0.1, 0.15) is 21.5 Å². The average molecular weight is 478 g/mol. The van der Waals surface area contributed by atoms with Crippen molar-refractivity contribution < 1.29 is 23.8 Å². The molecule has 0 aliphatic heterocycles. The van der Waals surface area contributed by atoms with Crippen LogP contribution in [0.4, 0.5) is 5.69 Å². The van der Waals surface area contributed by atoms with Gasteiger partial charge in [0.15, 0.2) is 22.2 Å². The summed E-state index contributed by atoms with van der Waals surface area (Å²) in [6.45, 7) is 3.93. The molecule has 174 valence electrons. The Bertz CT molecular complexity index is 1410. The van der Waals surface area contributed by atoms with Crippen molar-refractivity contribution in [3.05, 3.63) is 65.2 Å². The summed E-state index contributed by atoms with van der Waals surface area (Å²) in [5.74, 6) is 0.820. The highest BCUT2D eigenvalue weighted by Gasteiger charge is 2.16. The Kier molecular flexibility index (Phi) is 6.38. The maximum atomic E-state index is 12.6. The van der Waals surface area contributed by atoms with E-state index in [2.05, 4.69) is 15.6 Å². The van der Waals surface area contributed by atoms with E-state index in [1.807, 2.05) is 26.0 Å². The minimum Gasteiger partial charge on any atom is -0.507 e. The number of ether oxygens (including phenoxy) is 2. The van der Waals surface area contributed by atoms with Crippen LogP contribution in [0.2, 0.25) is 0 Å². The van der Waals surface area contributed by atoms with Crippen LogP contribution < -0.4 is 20.1 Å². The average Bonchev–Trinajstić information content (AvgIpc) is 3.23. The molecule has 0 atom stereocenters. The minimum atomic E-state index is -0.415. The van der Waals surface area contributed by atoms with Gasteiger partial charge in [-0.1, -0.05) is 6.07 Å². The first-order valence-corrected chi connectivity index (χ1v) is 10.8. The predicted molar refractivity (Wildman–Crippen MR) is 134 cm³/mol. The van der Waals surface area contributed by atoms with E-state index in [1.165, 1.54) is 20.3 Å². The fraction of sp³-hybridized carbons (Fsp3) is 0.160. The Morgan fingerprint density at radius 2 is 1.79 bits per heavy atom. The number of aromatic nitrogens is 1. The van der Waals surface area contributed by atoms with Gasteiger partial charge >= 0.3 is 0 Å². The van der Waals surface area contributed by atoms with Crippen molar-refractivity contribution >= 4 is 40.0 Å². The molecular formula is C25H23N3O5S. The van der Waals surface area contributed by atoms with Crippen LogP contribution in [0.15, 0.2) is 52.9 Å². The molecule has 0 unspecified atom stereocenters. The van der Waals surface area contributed by atoms with Gasteiger partial charge in [-0.15, -0.1) is 0 Å². The highest BCUT2D eigenvalue weighted by molar-refractivity contribution is 7.80. The first-order chi connectivity index (χ1) is 16.3. The molecule has 0 saturated heterocycles. The van der Waals surface area contributed by atoms with Gasteiger partial charge in [-0.2, -0.15) is 0 Å². The van der Waals surface area contributed by atoms with Crippen LogP contribution in [-0.4, -0.2) is 35.3 Å². The number of thiocarbonyl (C=S) groups is 1. The summed E-state index contributed by atoms with van der Waals surface area (Å²) >= 11 is 5.30. The summed E-state index contributed by atoms with van der Waals surface area (Å²) in [5.41, 5.74) is 4.69. The van der Waals surface area contributed by atoms with Gasteiger partial charge in [-0.25, -0.2) is 4.98 Å². The van der Waals surface area contributed by atoms with E-state index in [-0.39, 0.29) is 16.8 Å². The van der Waals surface area contributed by atoms with Gasteiger partial charge in [0, 0.05) is 11.3 Å². The molecule has 0 aliphatic carbocycles. The summed E-state index contributed by atoms with van der Waals surface area (Å²) < 4.78 is 16.3. The van der Waals surface area contributed by atoms with Crippen LogP contribution in [-0.2, 0) is 0 Å². The number of rotatable bonds is 5. The highest BCUT2D eigenvalue weighted by atomic mass is 32.1. The second-order valence-corrected chi connectivity index (χ2v) is 8.07. The molecule has 34 heavy (non-hydrogen) atoms. The molecule has 0 aliphatic rings. The molecule has 0 fully saturated rings. The third kappa shape index (κ3) is 4.65. The SMILES string of the molecule is COc1ccc(C(=O)NC(=S)Nc2ccc(O)c(-c3nc4cc(C)cc(C)c4o3)c2)cc1OC. The van der Waals surface area contributed by atoms with Gasteiger partial charge in [-0.3, -0.25) is 10.1 Å². The van der Waals surface area contributed by atoms with Crippen molar-refractivity contribution in [1.82, 2.24) is 10.3 Å². The number of phenolic OH excluding ortho intramolecular Hbond substituents is 1. The number of hydrogen-bond donors (Lipinski definition) is 3. The molecule has 1 heterocycles. The van der Waals surface area contributed by atoms with E-state index >= 15 is 0 Å². The monoisotopic (exact) mass is 477 g/mol. The largest absolute Gasteiger partial charge is 0.507 e. The first kappa shape index (κ1) is 23.1. The molecule has 0 bridgehead atoms. The van der Waals surface area contributed by atoms with E-state index in [9.17, 15) is 9.90 Å². The number of nitrogens with zero attached hydrogens (tertiary/aromatic N) is 1. The van der Waals surface area contributed by atoms with Crippen LogP contribution in [0.25, 0.3) is 22.6 Å². The van der Waals surface area contributed by atoms with E-state index in [1.54, 1.807) is 30.3 Å². The van der Waals surface area contributed by atoms with Crippen molar-refractivity contribution in [3.63, 3.8) is 0 Å². The number of carbonyl (C=O) groups is 1. The number of amides is 1. The fourth-order valence-corrected chi connectivity index (χ4v) is 3.80. The molecule has 9 heteroatoms. The second kappa shape index (κ2) is 9.40. The molecule has 1 amide bonds. The van der Waals surface area contributed by atoms with Gasteiger partial charge < -0.3 is 24.3 Å². The van der Waals surface area contributed by atoms with Gasteiger partial charge in [0.25, 0.3) is 5.91 Å². The predicted octanol–water partition coefficient (Wildman–Crippen LogP) is 4.96. The van der Waals surface area contributed by atoms with Gasteiger partial charge in [0.1, 0.15) is 11.3 Å². The smallest absolute Gasteiger partial charge is 0.257 e. The fourth-order valence-electron chi connectivity index (χ4n) is 3.59. The number of carbonyl (C=O) groups excluding carboxylic acids is 1. The normalized spacial score (nSPS) is 10.7. The molecule has 4 rings (SSSR count). The molecule has 0 spiro atoms. The van der Waals surface area contributed by atoms with Crippen molar-refractivity contribution in [1.29, 1.82) is 0 Å². The van der Waals surface area contributed by atoms with E-state index < -0.39 is 5.91 Å². The number of hydrogen-bond acceptors (Lipinski definition) is 7. The lowest BCUT2D eigenvalue weighted by atomic mass is 10.1. The Morgan fingerprint density at radius 1 is 1.03 bits per heavy atom. The number of phenols is 1. The van der Waals surface area contributed by atoms with E-state index in [0.29, 0.717) is 39.4 Å². The summed E-state index contributed by atoms with van der Waals surface area (Å²) in [6.07, 6.45) is 0. The molecule has 3 aromatic carbocycles. The van der Waals surface area contributed by atoms with Gasteiger partial charge in [0.2, 0.25) is 5.89 Å². The zero-order valence-electron chi connectivity index (χ0n) is 19.1. The number of fused-ring (bicyclic) bond motifs is 1. The summed E-state index contributed by atoms with van der Waals surface area (Å²) in [4.78, 5) is 17.1. The van der Waals surface area contributed by atoms with Gasteiger partial charge in [0.05, 0.1) is 19.8 Å². The summed E-state index contributed by atoms with van der Waals surface area (Å²) in [5, 5.41) is 16.1. The lowest BCUT2D eigenvalue weighted by Crippen LogP contribution is -2.34. The molecule has 4 aromatic rings. The Hall–Kier alpha value is -4.11. The Labute approximate surface area is 201 Å². The molecule has 1 aromatic heterocycles. The molecule has 3 N–H and O–H groups in total. The molecule has 8 nitrogen and oxygen atoms in total. The Balaban J connectivity index is 1.53. The molecule has 0 radical (unpaired) electrons. The number of aromatic hydroxyl groups is 1. The van der Waals surface area contributed by atoms with Crippen LogP contribution in [0.3, 0.4) is 0 Å². The summed E-state index contributed by atoms with van der Waals surface area (Å²) in [7, 11) is 3.01. The number of aryl methyl sites for hydroxylation is 2. The zero-order valence-corrected chi connectivity index (χ0v) is 19.9. The van der Waals surface area contributed by atoms with Crippen LogP contribution >= 0.6 is 12.2 Å². The van der Waals surface area contributed by atoms with Gasteiger partial charge in [-0.05, 0) is 79.7 Å². The van der Waals surface area contributed by atoms with E-state index in [4.69, 9.17) is 26.1 Å². The minimum absolute atomic E-state index is 0.00626. The first-order valence-electron chi connectivity index (χ1n) is 10.3. The maximum absolute atomic E-state index is 12.6. The number of benzene rings is 3. The highest BCUT2D eigenvalue weighted by Crippen LogP contribution is 2.34. The lowest BCUT2D eigenvalue weighted by molar-refractivity contribution is 0.0977.